The van der Waals surface area contributed by atoms with Gasteiger partial charge in [-0.2, -0.15) is 0 Å². The topological polar surface area (TPSA) is 62.9 Å². The number of anilines is 2. The molecule has 0 spiro atoms. The van der Waals surface area contributed by atoms with Crippen LogP contribution in [0.4, 0.5) is 11.4 Å². The highest BCUT2D eigenvalue weighted by Gasteiger charge is 2.24. The van der Waals surface area contributed by atoms with Crippen molar-refractivity contribution in [2.45, 2.75) is 25.9 Å². The molecular weight excluding hydrogens is 252 g/mol. The average molecular weight is 276 g/mol. The summed E-state index contributed by atoms with van der Waals surface area (Å²) in [6.07, 6.45) is 1.94. The van der Waals surface area contributed by atoms with E-state index < -0.39 is 0 Å². The molecule has 3 N–H and O–H groups in total. The Kier molecular flexibility index (Phi) is 4.84. The zero-order valence-electron chi connectivity index (χ0n) is 12.5. The molecule has 20 heavy (non-hydrogen) atoms. The SMILES string of the molecule is CCC1Oc2ccc(N)cc2NC1=NCCCN(C)C. The Morgan fingerprint density at radius 2 is 2.20 bits per heavy atom. The van der Waals surface area contributed by atoms with E-state index in [1.165, 1.54) is 0 Å². The van der Waals surface area contributed by atoms with E-state index in [2.05, 4.69) is 36.2 Å². The first kappa shape index (κ1) is 14.7. The van der Waals surface area contributed by atoms with Crippen molar-refractivity contribution in [3.8, 4) is 5.75 Å². The summed E-state index contributed by atoms with van der Waals surface area (Å²) in [4.78, 5) is 6.81. The van der Waals surface area contributed by atoms with Gasteiger partial charge in [-0.25, -0.2) is 0 Å². The van der Waals surface area contributed by atoms with E-state index in [9.17, 15) is 0 Å². The van der Waals surface area contributed by atoms with Gasteiger partial charge in [0, 0.05) is 12.2 Å². The number of amidine groups is 1. The van der Waals surface area contributed by atoms with E-state index in [1.54, 1.807) is 0 Å². The van der Waals surface area contributed by atoms with Crippen LogP contribution in [0.5, 0.6) is 5.75 Å². The van der Waals surface area contributed by atoms with Gasteiger partial charge in [-0.1, -0.05) is 6.92 Å². The molecule has 110 valence electrons. The van der Waals surface area contributed by atoms with Gasteiger partial charge in [0.25, 0.3) is 0 Å². The standard InChI is InChI=1S/C15H24N4O/c1-4-13-15(17-8-5-9-19(2)3)18-12-10-11(16)6-7-14(12)20-13/h6-7,10,13H,4-5,8-9,16H2,1-3H3,(H,17,18). The maximum absolute atomic E-state index is 5.97. The van der Waals surface area contributed by atoms with E-state index in [-0.39, 0.29) is 6.10 Å². The van der Waals surface area contributed by atoms with Crippen molar-refractivity contribution in [2.75, 3.05) is 38.2 Å². The van der Waals surface area contributed by atoms with Gasteiger partial charge in [-0.3, -0.25) is 4.99 Å². The lowest BCUT2D eigenvalue weighted by molar-refractivity contribution is 0.258. The van der Waals surface area contributed by atoms with Crippen molar-refractivity contribution in [3.05, 3.63) is 18.2 Å². The fourth-order valence-corrected chi connectivity index (χ4v) is 2.18. The van der Waals surface area contributed by atoms with Crippen molar-refractivity contribution in [3.63, 3.8) is 0 Å². The van der Waals surface area contributed by atoms with Crippen molar-refractivity contribution in [1.82, 2.24) is 4.90 Å². The van der Waals surface area contributed by atoms with Crippen molar-refractivity contribution in [1.29, 1.82) is 0 Å². The molecule has 5 nitrogen and oxygen atoms in total. The van der Waals surface area contributed by atoms with Crippen LogP contribution in [-0.2, 0) is 0 Å². The molecule has 0 bridgehead atoms. The van der Waals surface area contributed by atoms with Crippen LogP contribution in [0.25, 0.3) is 0 Å². The molecule has 1 aliphatic rings. The maximum atomic E-state index is 5.97. The van der Waals surface area contributed by atoms with Crippen molar-refractivity contribution < 1.29 is 4.74 Å². The van der Waals surface area contributed by atoms with Gasteiger partial charge in [0.1, 0.15) is 11.6 Å². The minimum Gasteiger partial charge on any atom is -0.480 e. The van der Waals surface area contributed by atoms with E-state index in [0.717, 1.165) is 48.9 Å². The number of fused-ring (bicyclic) bond motifs is 1. The molecule has 0 aromatic heterocycles. The first-order valence-corrected chi connectivity index (χ1v) is 7.12. The molecule has 0 saturated carbocycles. The third-order valence-electron chi connectivity index (χ3n) is 3.26. The second kappa shape index (κ2) is 6.61. The fourth-order valence-electron chi connectivity index (χ4n) is 2.18. The highest BCUT2D eigenvalue weighted by atomic mass is 16.5. The lowest BCUT2D eigenvalue weighted by Crippen LogP contribution is -2.37. The van der Waals surface area contributed by atoms with Crippen LogP contribution in [0.2, 0.25) is 0 Å². The summed E-state index contributed by atoms with van der Waals surface area (Å²) in [6, 6.07) is 5.64. The molecule has 5 heteroatoms. The van der Waals surface area contributed by atoms with Gasteiger partial charge in [0.05, 0.1) is 5.69 Å². The Bertz CT molecular complexity index is 485. The number of benzene rings is 1. The van der Waals surface area contributed by atoms with Crippen LogP contribution in [0, 0.1) is 0 Å². The zero-order chi connectivity index (χ0) is 14.5. The quantitative estimate of drug-likeness (QED) is 0.639. The summed E-state index contributed by atoms with van der Waals surface area (Å²) in [5.41, 5.74) is 7.44. The van der Waals surface area contributed by atoms with E-state index in [0.29, 0.717) is 0 Å². The van der Waals surface area contributed by atoms with E-state index >= 15 is 0 Å². The number of hydrogen-bond acceptors (Lipinski definition) is 4. The van der Waals surface area contributed by atoms with Gasteiger partial charge >= 0.3 is 0 Å². The summed E-state index contributed by atoms with van der Waals surface area (Å²) in [5, 5.41) is 3.36. The largest absolute Gasteiger partial charge is 0.480 e. The van der Waals surface area contributed by atoms with Crippen LogP contribution in [0.3, 0.4) is 0 Å². The fraction of sp³-hybridized carbons (Fsp3) is 0.533. The molecule has 1 aliphatic heterocycles. The summed E-state index contributed by atoms with van der Waals surface area (Å²) in [6.45, 7) is 3.94. The van der Waals surface area contributed by atoms with Gasteiger partial charge in [0.15, 0.2) is 6.10 Å². The summed E-state index contributed by atoms with van der Waals surface area (Å²) >= 11 is 0. The second-order valence-corrected chi connectivity index (χ2v) is 5.32. The Balaban J connectivity index is 2.06. The zero-order valence-corrected chi connectivity index (χ0v) is 12.5. The molecule has 1 unspecified atom stereocenters. The molecule has 0 saturated heterocycles. The first-order valence-electron chi connectivity index (χ1n) is 7.12. The Morgan fingerprint density at radius 3 is 2.90 bits per heavy atom. The van der Waals surface area contributed by atoms with Gasteiger partial charge in [-0.05, 0) is 51.7 Å². The Hall–Kier alpha value is -1.75. The number of rotatable bonds is 5. The number of aliphatic imine (C=N–C) groups is 1. The second-order valence-electron chi connectivity index (χ2n) is 5.32. The third-order valence-corrected chi connectivity index (χ3v) is 3.26. The predicted octanol–water partition coefficient (Wildman–Crippen LogP) is 2.20. The highest BCUT2D eigenvalue weighted by molar-refractivity contribution is 6.02. The molecule has 1 aromatic rings. The van der Waals surface area contributed by atoms with E-state index in [4.69, 9.17) is 10.5 Å². The average Bonchev–Trinajstić information content (AvgIpc) is 2.42. The third kappa shape index (κ3) is 3.63. The summed E-state index contributed by atoms with van der Waals surface area (Å²) in [5.74, 6) is 1.75. The normalized spacial score (nSPS) is 19.6. The smallest absolute Gasteiger partial charge is 0.155 e. The first-order chi connectivity index (χ1) is 9.60. The molecule has 2 rings (SSSR count). The lowest BCUT2D eigenvalue weighted by Gasteiger charge is -2.28. The molecule has 0 radical (unpaired) electrons. The molecule has 1 aromatic carbocycles. The summed E-state index contributed by atoms with van der Waals surface area (Å²) < 4.78 is 5.97. The number of hydrogen-bond donors (Lipinski definition) is 2. The molecule has 1 atom stereocenters. The number of nitrogens with zero attached hydrogens (tertiary/aromatic N) is 2. The minimum atomic E-state index is 0.00507. The maximum Gasteiger partial charge on any atom is 0.155 e. The lowest BCUT2D eigenvalue weighted by atomic mass is 10.1. The van der Waals surface area contributed by atoms with Crippen LogP contribution in [0.1, 0.15) is 19.8 Å². The highest BCUT2D eigenvalue weighted by Crippen LogP contribution is 2.32. The summed E-state index contributed by atoms with van der Waals surface area (Å²) in [7, 11) is 4.14. The van der Waals surface area contributed by atoms with Gasteiger partial charge in [-0.15, -0.1) is 0 Å². The number of nitrogen functional groups attached to an aromatic ring is 1. The predicted molar refractivity (Wildman–Crippen MR) is 84.7 cm³/mol. The van der Waals surface area contributed by atoms with Crippen LogP contribution >= 0.6 is 0 Å². The van der Waals surface area contributed by atoms with Crippen LogP contribution in [-0.4, -0.2) is 44.0 Å². The van der Waals surface area contributed by atoms with E-state index in [1.807, 2.05) is 18.2 Å². The van der Waals surface area contributed by atoms with Gasteiger partial charge < -0.3 is 20.7 Å². The molecule has 0 aliphatic carbocycles. The van der Waals surface area contributed by atoms with Crippen molar-refractivity contribution in [2.24, 2.45) is 4.99 Å². The Morgan fingerprint density at radius 1 is 1.40 bits per heavy atom. The van der Waals surface area contributed by atoms with Crippen molar-refractivity contribution >= 4 is 17.2 Å². The Labute approximate surface area is 120 Å². The molecule has 0 fully saturated rings. The number of nitrogens with two attached hydrogens (primary N) is 1. The molecule has 1 heterocycles. The number of nitrogens with one attached hydrogen (secondary N) is 1. The molecule has 0 amide bonds. The van der Waals surface area contributed by atoms with Crippen LogP contribution < -0.4 is 15.8 Å². The number of ether oxygens (including phenoxy) is 1. The monoisotopic (exact) mass is 276 g/mol. The van der Waals surface area contributed by atoms with Gasteiger partial charge in [0.2, 0.25) is 0 Å². The van der Waals surface area contributed by atoms with Crippen LogP contribution in [0.15, 0.2) is 23.2 Å². The minimum absolute atomic E-state index is 0.00507. The molecular formula is C15H24N4O.